The Morgan fingerprint density at radius 1 is 1.30 bits per heavy atom. The molecule has 1 fully saturated rings. The third-order valence-electron chi connectivity index (χ3n) is 5.47. The van der Waals surface area contributed by atoms with Crippen LogP contribution < -0.4 is 5.32 Å². The van der Waals surface area contributed by atoms with Gasteiger partial charge in [-0.3, -0.25) is 9.67 Å². The lowest BCUT2D eigenvalue weighted by Gasteiger charge is -2.25. The summed E-state index contributed by atoms with van der Waals surface area (Å²) in [7, 11) is 5.95. The minimum atomic E-state index is 0.384. The molecule has 27 heavy (non-hydrogen) atoms. The molecule has 0 atom stereocenters. The summed E-state index contributed by atoms with van der Waals surface area (Å²) in [6.07, 6.45) is 5.84. The van der Waals surface area contributed by atoms with Gasteiger partial charge in [0.25, 0.3) is 0 Å². The first-order valence-corrected chi connectivity index (χ1v) is 9.90. The van der Waals surface area contributed by atoms with E-state index in [0.29, 0.717) is 11.3 Å². The fraction of sp³-hybridized carbons (Fsp3) is 0.545. The summed E-state index contributed by atoms with van der Waals surface area (Å²) < 4.78 is 1.91. The number of benzene rings is 1. The van der Waals surface area contributed by atoms with Crippen molar-refractivity contribution in [3.63, 3.8) is 0 Å². The van der Waals surface area contributed by atoms with Crippen molar-refractivity contribution < 1.29 is 0 Å². The van der Waals surface area contributed by atoms with Crippen LogP contribution in [0.25, 0.3) is 0 Å². The molecule has 1 N–H and O–H groups in total. The lowest BCUT2D eigenvalue weighted by atomic mass is 9.96. The Bertz CT molecular complexity index is 771. The number of aromatic nitrogens is 2. The third kappa shape index (κ3) is 4.90. The maximum Gasteiger partial charge on any atom is 0.193 e. The Kier molecular flexibility index (Phi) is 5.88. The molecule has 2 aromatic rings. The molecule has 0 unspecified atom stereocenters. The van der Waals surface area contributed by atoms with E-state index in [1.165, 1.54) is 29.7 Å². The van der Waals surface area contributed by atoms with Gasteiger partial charge in [-0.1, -0.05) is 44.2 Å². The summed E-state index contributed by atoms with van der Waals surface area (Å²) in [5.41, 5.74) is 4.25. The molecular weight excluding hydrogens is 334 g/mol. The van der Waals surface area contributed by atoms with Crippen molar-refractivity contribution in [3.8, 4) is 0 Å². The summed E-state index contributed by atoms with van der Waals surface area (Å²) in [5, 5.41) is 8.24. The average molecular weight is 368 g/mol. The fourth-order valence-corrected chi connectivity index (χ4v) is 3.77. The van der Waals surface area contributed by atoms with Crippen molar-refractivity contribution in [3.05, 3.63) is 53.3 Å². The van der Waals surface area contributed by atoms with Crippen LogP contribution in [0.5, 0.6) is 0 Å². The summed E-state index contributed by atoms with van der Waals surface area (Å²) in [5.74, 6) is 1.37. The van der Waals surface area contributed by atoms with E-state index in [0.717, 1.165) is 25.5 Å². The molecule has 0 aliphatic heterocycles. The van der Waals surface area contributed by atoms with Gasteiger partial charge >= 0.3 is 0 Å². The number of nitrogens with zero attached hydrogens (tertiary/aromatic N) is 4. The second-order valence-corrected chi connectivity index (χ2v) is 8.29. The maximum absolute atomic E-state index is 4.62. The van der Waals surface area contributed by atoms with Crippen LogP contribution in [-0.2, 0) is 20.0 Å². The standard InChI is InChI=1S/C22H33N5/c1-17(2)20-19(15-27(5)25-20)14-26(4)21(23-3)24-16-22(11-12-22)13-18-9-7-6-8-10-18/h6-10,15,17H,11-14,16H2,1-5H3,(H,23,24). The number of aliphatic imine (C=N–C) groups is 1. The zero-order valence-corrected chi connectivity index (χ0v) is 17.4. The van der Waals surface area contributed by atoms with Crippen LogP contribution in [-0.4, -0.2) is 41.3 Å². The van der Waals surface area contributed by atoms with E-state index in [9.17, 15) is 0 Å². The molecule has 146 valence electrons. The molecule has 0 bridgehead atoms. The van der Waals surface area contributed by atoms with Gasteiger partial charge in [0.1, 0.15) is 0 Å². The minimum Gasteiger partial charge on any atom is -0.356 e. The van der Waals surface area contributed by atoms with Crippen LogP contribution in [0.15, 0.2) is 41.5 Å². The Labute approximate surface area is 163 Å². The lowest BCUT2D eigenvalue weighted by molar-refractivity contribution is 0.441. The van der Waals surface area contributed by atoms with Crippen LogP contribution in [0.3, 0.4) is 0 Å². The first kappa shape index (κ1) is 19.5. The lowest BCUT2D eigenvalue weighted by Crippen LogP contribution is -2.41. The van der Waals surface area contributed by atoms with Crippen LogP contribution in [0.4, 0.5) is 0 Å². The van der Waals surface area contributed by atoms with Crippen molar-refractivity contribution in [2.75, 3.05) is 20.6 Å². The molecule has 0 radical (unpaired) electrons. The molecule has 1 heterocycles. The zero-order chi connectivity index (χ0) is 19.4. The smallest absolute Gasteiger partial charge is 0.193 e. The van der Waals surface area contributed by atoms with E-state index in [2.05, 4.69) is 77.7 Å². The molecule has 3 rings (SSSR count). The highest BCUT2D eigenvalue weighted by molar-refractivity contribution is 5.79. The highest BCUT2D eigenvalue weighted by atomic mass is 15.3. The molecule has 0 saturated heterocycles. The maximum atomic E-state index is 4.62. The van der Waals surface area contributed by atoms with Gasteiger partial charge in [0.15, 0.2) is 5.96 Å². The van der Waals surface area contributed by atoms with Crippen molar-refractivity contribution in [2.45, 2.75) is 45.6 Å². The van der Waals surface area contributed by atoms with Crippen molar-refractivity contribution >= 4 is 5.96 Å². The van der Waals surface area contributed by atoms with Crippen molar-refractivity contribution in [2.24, 2.45) is 17.5 Å². The zero-order valence-electron chi connectivity index (χ0n) is 17.4. The second-order valence-electron chi connectivity index (χ2n) is 8.29. The Morgan fingerprint density at radius 3 is 2.59 bits per heavy atom. The van der Waals surface area contributed by atoms with E-state index >= 15 is 0 Å². The monoisotopic (exact) mass is 367 g/mol. The Balaban J connectivity index is 1.59. The SMILES string of the molecule is CN=C(NCC1(Cc2ccccc2)CC1)N(C)Cc1cn(C)nc1C(C)C. The molecular formula is C22H33N5. The Hall–Kier alpha value is -2.30. The molecule has 5 heteroatoms. The number of nitrogens with one attached hydrogen (secondary N) is 1. The highest BCUT2D eigenvalue weighted by Crippen LogP contribution is 2.47. The number of rotatable bonds is 7. The second kappa shape index (κ2) is 8.15. The molecule has 0 spiro atoms. The summed E-state index contributed by atoms with van der Waals surface area (Å²) >= 11 is 0. The first-order valence-electron chi connectivity index (χ1n) is 9.90. The Morgan fingerprint density at radius 2 is 2.00 bits per heavy atom. The largest absolute Gasteiger partial charge is 0.356 e. The molecule has 1 aromatic carbocycles. The van der Waals surface area contributed by atoms with Crippen molar-refractivity contribution in [1.29, 1.82) is 0 Å². The number of aryl methyl sites for hydroxylation is 1. The molecule has 0 amide bonds. The molecule has 5 nitrogen and oxygen atoms in total. The van der Waals surface area contributed by atoms with E-state index in [1.54, 1.807) is 0 Å². The fourth-order valence-electron chi connectivity index (χ4n) is 3.77. The van der Waals surface area contributed by atoms with Crippen LogP contribution in [0.1, 0.15) is 49.4 Å². The number of hydrogen-bond donors (Lipinski definition) is 1. The number of hydrogen-bond acceptors (Lipinski definition) is 2. The average Bonchev–Trinajstić information content (AvgIpc) is 3.29. The van der Waals surface area contributed by atoms with Gasteiger partial charge in [-0.25, -0.2) is 0 Å². The van der Waals surface area contributed by atoms with Gasteiger partial charge in [-0.05, 0) is 36.2 Å². The topological polar surface area (TPSA) is 45.5 Å². The quantitative estimate of drug-likeness (QED) is 0.601. The van der Waals surface area contributed by atoms with Crippen LogP contribution in [0.2, 0.25) is 0 Å². The predicted octanol–water partition coefficient (Wildman–Crippen LogP) is 3.57. The molecule has 1 aromatic heterocycles. The van der Waals surface area contributed by atoms with Gasteiger partial charge in [0.2, 0.25) is 0 Å². The van der Waals surface area contributed by atoms with Crippen molar-refractivity contribution in [1.82, 2.24) is 20.0 Å². The third-order valence-corrected chi connectivity index (χ3v) is 5.47. The van der Waals surface area contributed by atoms with E-state index in [-0.39, 0.29) is 0 Å². The van der Waals surface area contributed by atoms with Gasteiger partial charge in [0, 0.05) is 46.0 Å². The highest BCUT2D eigenvalue weighted by Gasteiger charge is 2.42. The first-order chi connectivity index (χ1) is 12.9. The van der Waals surface area contributed by atoms with Gasteiger partial charge in [0.05, 0.1) is 5.69 Å². The minimum absolute atomic E-state index is 0.384. The van der Waals surface area contributed by atoms with Crippen LogP contribution in [0, 0.1) is 5.41 Å². The predicted molar refractivity (Wildman–Crippen MR) is 112 cm³/mol. The number of guanidine groups is 1. The molecule has 1 aliphatic carbocycles. The molecule has 1 aliphatic rings. The van der Waals surface area contributed by atoms with Gasteiger partial charge in [-0.2, -0.15) is 5.10 Å². The van der Waals surface area contributed by atoms with Crippen LogP contribution >= 0.6 is 0 Å². The van der Waals surface area contributed by atoms with Gasteiger partial charge < -0.3 is 10.2 Å². The van der Waals surface area contributed by atoms with Gasteiger partial charge in [-0.15, -0.1) is 0 Å². The summed E-state index contributed by atoms with van der Waals surface area (Å²) in [4.78, 5) is 6.70. The normalized spacial score (nSPS) is 15.9. The summed E-state index contributed by atoms with van der Waals surface area (Å²) in [6, 6.07) is 10.8. The summed E-state index contributed by atoms with van der Waals surface area (Å²) in [6.45, 7) is 6.17. The molecule has 1 saturated carbocycles. The van der Waals surface area contributed by atoms with E-state index in [1.807, 2.05) is 18.8 Å². The van der Waals surface area contributed by atoms with E-state index < -0.39 is 0 Å². The van der Waals surface area contributed by atoms with E-state index in [4.69, 9.17) is 0 Å².